The van der Waals surface area contributed by atoms with Gasteiger partial charge in [-0.3, -0.25) is 0 Å². The van der Waals surface area contributed by atoms with Crippen molar-refractivity contribution in [1.29, 1.82) is 0 Å². The van der Waals surface area contributed by atoms with Crippen LogP contribution in [0.4, 0.5) is 0 Å². The minimum Gasteiger partial charge on any atom is -0.393 e. The van der Waals surface area contributed by atoms with Crippen molar-refractivity contribution < 1.29 is 5.11 Å². The van der Waals surface area contributed by atoms with E-state index in [0.717, 1.165) is 39.1 Å². The third kappa shape index (κ3) is 6.11. The van der Waals surface area contributed by atoms with Crippen molar-refractivity contribution in [1.82, 2.24) is 10.2 Å². The average molecular weight is 284 g/mol. The highest BCUT2D eigenvalue weighted by Gasteiger charge is 2.31. The van der Waals surface area contributed by atoms with E-state index in [0.29, 0.717) is 17.3 Å². The monoisotopic (exact) mass is 284 g/mol. The van der Waals surface area contributed by atoms with Gasteiger partial charge < -0.3 is 15.3 Å². The molecule has 20 heavy (non-hydrogen) atoms. The standard InChI is InChI=1S/C17H36N2O/c1-6-8-17(5,12-18-10-14(2)3)13-19-9-7-16(11-19)15(4)20/h14-16,18,20H,6-13H2,1-5H3. The molecule has 0 aromatic heterocycles. The molecule has 3 heteroatoms. The van der Waals surface area contributed by atoms with Crippen molar-refractivity contribution in [2.45, 2.75) is 60.0 Å². The van der Waals surface area contributed by atoms with Crippen LogP contribution in [0.3, 0.4) is 0 Å². The van der Waals surface area contributed by atoms with Gasteiger partial charge >= 0.3 is 0 Å². The van der Waals surface area contributed by atoms with Crippen LogP contribution in [0.25, 0.3) is 0 Å². The Balaban J connectivity index is 2.45. The van der Waals surface area contributed by atoms with Crippen molar-refractivity contribution in [3.63, 3.8) is 0 Å². The number of aliphatic hydroxyl groups is 1. The predicted molar refractivity (Wildman–Crippen MR) is 87.0 cm³/mol. The fourth-order valence-electron chi connectivity index (χ4n) is 3.43. The lowest BCUT2D eigenvalue weighted by atomic mass is 9.84. The van der Waals surface area contributed by atoms with Gasteiger partial charge in [-0.05, 0) is 50.1 Å². The first kappa shape index (κ1) is 17.9. The van der Waals surface area contributed by atoms with E-state index >= 15 is 0 Å². The fourth-order valence-corrected chi connectivity index (χ4v) is 3.43. The molecule has 0 amide bonds. The average Bonchev–Trinajstić information content (AvgIpc) is 2.77. The lowest BCUT2D eigenvalue weighted by Crippen LogP contribution is -2.42. The van der Waals surface area contributed by atoms with E-state index in [1.165, 1.54) is 12.8 Å². The Kier molecular flexibility index (Phi) is 7.49. The molecule has 1 rings (SSSR count). The Bertz CT molecular complexity index is 268. The second-order valence-corrected chi connectivity index (χ2v) is 7.61. The third-order valence-corrected chi connectivity index (χ3v) is 4.55. The van der Waals surface area contributed by atoms with Crippen LogP contribution in [-0.4, -0.2) is 48.8 Å². The molecule has 1 aliphatic heterocycles. The molecule has 0 spiro atoms. The van der Waals surface area contributed by atoms with Gasteiger partial charge in [0.25, 0.3) is 0 Å². The van der Waals surface area contributed by atoms with Crippen LogP contribution in [0.1, 0.15) is 53.9 Å². The largest absolute Gasteiger partial charge is 0.393 e. The van der Waals surface area contributed by atoms with Gasteiger partial charge in [-0.25, -0.2) is 0 Å². The van der Waals surface area contributed by atoms with Crippen LogP contribution in [-0.2, 0) is 0 Å². The van der Waals surface area contributed by atoms with E-state index in [4.69, 9.17) is 0 Å². The number of hydrogen-bond donors (Lipinski definition) is 2. The minimum absolute atomic E-state index is 0.156. The van der Waals surface area contributed by atoms with Gasteiger partial charge in [0.05, 0.1) is 6.10 Å². The SMILES string of the molecule is CCCC(C)(CNCC(C)C)CN1CCC(C(C)O)C1. The molecule has 3 unspecified atom stereocenters. The summed E-state index contributed by atoms with van der Waals surface area (Å²) < 4.78 is 0. The van der Waals surface area contributed by atoms with E-state index < -0.39 is 0 Å². The van der Waals surface area contributed by atoms with Gasteiger partial charge in [0, 0.05) is 19.6 Å². The van der Waals surface area contributed by atoms with Crippen molar-refractivity contribution >= 4 is 0 Å². The van der Waals surface area contributed by atoms with Gasteiger partial charge in [-0.2, -0.15) is 0 Å². The molecule has 0 bridgehead atoms. The minimum atomic E-state index is -0.156. The maximum atomic E-state index is 9.74. The molecule has 0 aromatic rings. The maximum Gasteiger partial charge on any atom is 0.0552 e. The molecule has 0 radical (unpaired) electrons. The van der Waals surface area contributed by atoms with Gasteiger partial charge in [0.1, 0.15) is 0 Å². The highest BCUT2D eigenvalue weighted by molar-refractivity contribution is 4.86. The first-order valence-electron chi connectivity index (χ1n) is 8.47. The van der Waals surface area contributed by atoms with Crippen LogP contribution in [0.15, 0.2) is 0 Å². The highest BCUT2D eigenvalue weighted by Crippen LogP contribution is 2.28. The van der Waals surface area contributed by atoms with Crippen molar-refractivity contribution in [2.24, 2.45) is 17.3 Å². The number of nitrogens with one attached hydrogen (secondary N) is 1. The summed E-state index contributed by atoms with van der Waals surface area (Å²) in [6.45, 7) is 16.8. The summed E-state index contributed by atoms with van der Waals surface area (Å²) in [7, 11) is 0. The number of hydrogen-bond acceptors (Lipinski definition) is 3. The van der Waals surface area contributed by atoms with Crippen molar-refractivity contribution in [2.75, 3.05) is 32.7 Å². The van der Waals surface area contributed by atoms with Crippen molar-refractivity contribution in [3.8, 4) is 0 Å². The molecule has 120 valence electrons. The summed E-state index contributed by atoms with van der Waals surface area (Å²) in [6.07, 6.45) is 3.51. The molecule has 3 atom stereocenters. The van der Waals surface area contributed by atoms with E-state index in [-0.39, 0.29) is 6.10 Å². The predicted octanol–water partition coefficient (Wildman–Crippen LogP) is 2.74. The summed E-state index contributed by atoms with van der Waals surface area (Å²) >= 11 is 0. The van der Waals surface area contributed by atoms with Gasteiger partial charge in [0.15, 0.2) is 0 Å². The lowest BCUT2D eigenvalue weighted by molar-refractivity contribution is 0.116. The van der Waals surface area contributed by atoms with Crippen LogP contribution < -0.4 is 5.32 Å². The number of aliphatic hydroxyl groups excluding tert-OH is 1. The summed E-state index contributed by atoms with van der Waals surface area (Å²) in [5, 5.41) is 13.4. The molecule has 2 N–H and O–H groups in total. The second-order valence-electron chi connectivity index (χ2n) is 7.61. The molecular weight excluding hydrogens is 248 g/mol. The van der Waals surface area contributed by atoms with E-state index in [9.17, 15) is 5.11 Å². The Morgan fingerprint density at radius 3 is 2.55 bits per heavy atom. The molecule has 1 aliphatic rings. The van der Waals surface area contributed by atoms with Crippen LogP contribution in [0.5, 0.6) is 0 Å². The molecule has 0 aromatic carbocycles. The Hall–Kier alpha value is -0.120. The zero-order chi connectivity index (χ0) is 15.2. The van der Waals surface area contributed by atoms with Crippen LogP contribution in [0.2, 0.25) is 0 Å². The smallest absolute Gasteiger partial charge is 0.0552 e. The second kappa shape index (κ2) is 8.35. The first-order chi connectivity index (χ1) is 9.36. The maximum absolute atomic E-state index is 9.74. The van der Waals surface area contributed by atoms with E-state index in [1.54, 1.807) is 0 Å². The van der Waals surface area contributed by atoms with E-state index in [1.807, 2.05) is 6.92 Å². The summed E-state index contributed by atoms with van der Waals surface area (Å²) in [6, 6.07) is 0. The molecule has 0 aliphatic carbocycles. The zero-order valence-electron chi connectivity index (χ0n) is 14.3. The number of nitrogens with zero attached hydrogens (tertiary/aromatic N) is 1. The first-order valence-corrected chi connectivity index (χ1v) is 8.47. The topological polar surface area (TPSA) is 35.5 Å². The summed E-state index contributed by atoms with van der Waals surface area (Å²) in [5.41, 5.74) is 0.358. The molecule has 1 heterocycles. The quantitative estimate of drug-likeness (QED) is 0.683. The Morgan fingerprint density at radius 1 is 1.35 bits per heavy atom. The molecule has 1 fully saturated rings. The Labute approximate surface area is 126 Å². The molecular formula is C17H36N2O. The van der Waals surface area contributed by atoms with Gasteiger partial charge in [0.2, 0.25) is 0 Å². The normalized spacial score (nSPS) is 25.1. The molecule has 1 saturated heterocycles. The number of likely N-dealkylation sites (tertiary alicyclic amines) is 1. The third-order valence-electron chi connectivity index (χ3n) is 4.55. The van der Waals surface area contributed by atoms with Gasteiger partial charge in [-0.15, -0.1) is 0 Å². The molecule has 0 saturated carbocycles. The summed E-state index contributed by atoms with van der Waals surface area (Å²) in [4.78, 5) is 2.56. The fraction of sp³-hybridized carbons (Fsp3) is 1.00. The highest BCUT2D eigenvalue weighted by atomic mass is 16.3. The zero-order valence-corrected chi connectivity index (χ0v) is 14.3. The molecule has 3 nitrogen and oxygen atoms in total. The van der Waals surface area contributed by atoms with Gasteiger partial charge in [-0.1, -0.05) is 34.1 Å². The van der Waals surface area contributed by atoms with Crippen LogP contribution in [0, 0.1) is 17.3 Å². The van der Waals surface area contributed by atoms with Crippen LogP contribution >= 0.6 is 0 Å². The Morgan fingerprint density at radius 2 is 2.05 bits per heavy atom. The summed E-state index contributed by atoms with van der Waals surface area (Å²) in [5.74, 6) is 1.19. The van der Waals surface area contributed by atoms with E-state index in [2.05, 4.69) is 37.9 Å². The number of rotatable bonds is 9. The van der Waals surface area contributed by atoms with Crippen molar-refractivity contribution in [3.05, 3.63) is 0 Å². The lowest BCUT2D eigenvalue weighted by Gasteiger charge is -2.34.